The van der Waals surface area contributed by atoms with Gasteiger partial charge in [0.15, 0.2) is 0 Å². The average Bonchev–Trinajstić information content (AvgIpc) is 2.28. The molecule has 1 aromatic carbocycles. The second kappa shape index (κ2) is 7.54. The Morgan fingerprint density at radius 3 is 2.56 bits per heavy atom. The molecule has 1 unspecified atom stereocenters. The Kier molecular flexibility index (Phi) is 6.36. The van der Waals surface area contributed by atoms with Gasteiger partial charge in [-0.1, -0.05) is 48.0 Å². The van der Waals surface area contributed by atoms with Crippen LogP contribution >= 0.6 is 15.9 Å². The largest absolute Gasteiger partial charge is 0.350 e. The second-order valence-corrected chi connectivity index (χ2v) is 5.52. The number of amides is 1. The molecule has 1 atom stereocenters. The number of carbonyl (C=O) groups is 1. The van der Waals surface area contributed by atoms with E-state index in [0.717, 1.165) is 10.0 Å². The highest BCUT2D eigenvalue weighted by molar-refractivity contribution is 9.10. The molecule has 0 heterocycles. The van der Waals surface area contributed by atoms with E-state index in [2.05, 4.69) is 40.4 Å². The normalized spacial score (nSPS) is 12.5. The molecular weight excluding hydrogens is 292 g/mol. The average molecular weight is 313 g/mol. The highest BCUT2D eigenvalue weighted by Gasteiger charge is 2.11. The molecule has 0 aliphatic heterocycles. The van der Waals surface area contributed by atoms with Crippen molar-refractivity contribution in [3.63, 3.8) is 0 Å². The van der Waals surface area contributed by atoms with Gasteiger partial charge in [0, 0.05) is 23.5 Å². The van der Waals surface area contributed by atoms with Crippen molar-refractivity contribution >= 4 is 21.8 Å². The lowest BCUT2D eigenvalue weighted by molar-refractivity contribution is -0.121. The first-order chi connectivity index (χ1) is 8.50. The van der Waals surface area contributed by atoms with Crippen LogP contribution in [0.25, 0.3) is 0 Å². The van der Waals surface area contributed by atoms with E-state index in [9.17, 15) is 4.79 Å². The fourth-order valence-electron chi connectivity index (χ4n) is 1.69. The van der Waals surface area contributed by atoms with E-state index in [1.54, 1.807) is 0 Å². The molecule has 0 radical (unpaired) electrons. The molecule has 0 spiro atoms. The van der Waals surface area contributed by atoms with Gasteiger partial charge in [0.05, 0.1) is 6.04 Å². The Morgan fingerprint density at radius 2 is 1.94 bits per heavy atom. The molecule has 0 aliphatic rings. The number of hydrogen-bond donors (Lipinski definition) is 2. The van der Waals surface area contributed by atoms with Gasteiger partial charge in [-0.15, -0.1) is 0 Å². The Labute approximate surface area is 117 Å². The maximum atomic E-state index is 11.8. The minimum atomic E-state index is 0.0205. The van der Waals surface area contributed by atoms with E-state index in [1.165, 1.54) is 0 Å². The van der Waals surface area contributed by atoms with E-state index >= 15 is 0 Å². The SMILES string of the molecule is CC(C)NCCC(=O)NC(C)c1ccccc1Br. The molecule has 1 amide bonds. The van der Waals surface area contributed by atoms with Crippen LogP contribution in [0.15, 0.2) is 28.7 Å². The van der Waals surface area contributed by atoms with Crippen molar-refractivity contribution in [3.05, 3.63) is 34.3 Å². The molecule has 18 heavy (non-hydrogen) atoms. The molecule has 1 aromatic rings. The molecule has 0 aliphatic carbocycles. The first-order valence-corrected chi connectivity index (χ1v) is 7.07. The van der Waals surface area contributed by atoms with Crippen LogP contribution < -0.4 is 10.6 Å². The van der Waals surface area contributed by atoms with Crippen LogP contribution in [0.3, 0.4) is 0 Å². The van der Waals surface area contributed by atoms with Crippen LogP contribution in [0.4, 0.5) is 0 Å². The number of hydrogen-bond acceptors (Lipinski definition) is 2. The van der Waals surface area contributed by atoms with Crippen molar-refractivity contribution in [1.82, 2.24) is 10.6 Å². The molecule has 4 heteroatoms. The summed E-state index contributed by atoms with van der Waals surface area (Å²) in [7, 11) is 0. The van der Waals surface area contributed by atoms with Crippen molar-refractivity contribution in [2.24, 2.45) is 0 Å². The van der Waals surface area contributed by atoms with Gasteiger partial charge in [-0.25, -0.2) is 0 Å². The summed E-state index contributed by atoms with van der Waals surface area (Å²) in [6.45, 7) is 6.85. The van der Waals surface area contributed by atoms with E-state index < -0.39 is 0 Å². The molecule has 3 nitrogen and oxygen atoms in total. The standard InChI is InChI=1S/C14H21BrN2O/c1-10(2)16-9-8-14(18)17-11(3)12-6-4-5-7-13(12)15/h4-7,10-11,16H,8-9H2,1-3H3,(H,17,18). The second-order valence-electron chi connectivity index (χ2n) is 4.67. The fraction of sp³-hybridized carbons (Fsp3) is 0.500. The summed E-state index contributed by atoms with van der Waals surface area (Å²) < 4.78 is 1.03. The Balaban J connectivity index is 2.42. The lowest BCUT2D eigenvalue weighted by Crippen LogP contribution is -2.32. The third-order valence-electron chi connectivity index (χ3n) is 2.65. The molecule has 0 aromatic heterocycles. The van der Waals surface area contributed by atoms with Crippen LogP contribution in [0, 0.1) is 0 Å². The van der Waals surface area contributed by atoms with Crippen molar-refractivity contribution in [1.29, 1.82) is 0 Å². The summed E-state index contributed by atoms with van der Waals surface area (Å²) in [5.41, 5.74) is 1.10. The molecule has 100 valence electrons. The van der Waals surface area contributed by atoms with Gasteiger partial charge in [0.1, 0.15) is 0 Å². The molecule has 0 saturated heterocycles. The number of nitrogens with one attached hydrogen (secondary N) is 2. The van der Waals surface area contributed by atoms with Crippen molar-refractivity contribution in [2.45, 2.75) is 39.3 Å². The Bertz CT molecular complexity index is 393. The van der Waals surface area contributed by atoms with Crippen LogP contribution in [0.1, 0.15) is 38.8 Å². The van der Waals surface area contributed by atoms with E-state index in [4.69, 9.17) is 0 Å². The number of rotatable bonds is 6. The van der Waals surface area contributed by atoms with Gasteiger partial charge >= 0.3 is 0 Å². The zero-order valence-corrected chi connectivity index (χ0v) is 12.8. The van der Waals surface area contributed by atoms with Crippen LogP contribution in [0.5, 0.6) is 0 Å². The summed E-state index contributed by atoms with van der Waals surface area (Å²) in [6.07, 6.45) is 0.507. The molecule has 0 saturated carbocycles. The molecular formula is C14H21BrN2O. The minimum Gasteiger partial charge on any atom is -0.350 e. The summed E-state index contributed by atoms with van der Waals surface area (Å²) in [5.74, 6) is 0.0754. The smallest absolute Gasteiger partial charge is 0.221 e. The van der Waals surface area contributed by atoms with Crippen LogP contribution in [-0.2, 0) is 4.79 Å². The topological polar surface area (TPSA) is 41.1 Å². The van der Waals surface area contributed by atoms with Gasteiger partial charge in [-0.3, -0.25) is 4.79 Å². The summed E-state index contributed by atoms with van der Waals surface area (Å²) in [5, 5.41) is 6.23. The van der Waals surface area contributed by atoms with Gasteiger partial charge < -0.3 is 10.6 Å². The van der Waals surface area contributed by atoms with E-state index in [0.29, 0.717) is 19.0 Å². The predicted octanol–water partition coefficient (Wildman–Crippen LogP) is 3.01. The summed E-state index contributed by atoms with van der Waals surface area (Å²) in [6, 6.07) is 8.38. The van der Waals surface area contributed by atoms with E-state index in [-0.39, 0.29) is 11.9 Å². The first kappa shape index (κ1) is 15.2. The van der Waals surface area contributed by atoms with E-state index in [1.807, 2.05) is 31.2 Å². The Morgan fingerprint density at radius 1 is 1.28 bits per heavy atom. The lowest BCUT2D eigenvalue weighted by atomic mass is 10.1. The minimum absolute atomic E-state index is 0.0205. The van der Waals surface area contributed by atoms with Gasteiger partial charge in [-0.05, 0) is 18.6 Å². The third kappa shape index (κ3) is 5.19. The van der Waals surface area contributed by atoms with Crippen molar-refractivity contribution in [2.75, 3.05) is 6.54 Å². The van der Waals surface area contributed by atoms with Gasteiger partial charge in [0.25, 0.3) is 0 Å². The maximum Gasteiger partial charge on any atom is 0.221 e. The highest BCUT2D eigenvalue weighted by atomic mass is 79.9. The summed E-state index contributed by atoms with van der Waals surface area (Å²) in [4.78, 5) is 11.8. The van der Waals surface area contributed by atoms with Gasteiger partial charge in [-0.2, -0.15) is 0 Å². The molecule has 0 fully saturated rings. The number of benzene rings is 1. The quantitative estimate of drug-likeness (QED) is 0.847. The zero-order chi connectivity index (χ0) is 13.5. The van der Waals surface area contributed by atoms with Crippen LogP contribution in [-0.4, -0.2) is 18.5 Å². The fourth-order valence-corrected chi connectivity index (χ4v) is 2.32. The van der Waals surface area contributed by atoms with Gasteiger partial charge in [0.2, 0.25) is 5.91 Å². The maximum absolute atomic E-state index is 11.8. The van der Waals surface area contributed by atoms with Crippen molar-refractivity contribution < 1.29 is 4.79 Å². The third-order valence-corrected chi connectivity index (χ3v) is 3.38. The molecule has 2 N–H and O–H groups in total. The number of carbonyl (C=O) groups excluding carboxylic acids is 1. The van der Waals surface area contributed by atoms with Crippen molar-refractivity contribution in [3.8, 4) is 0 Å². The Hall–Kier alpha value is -0.870. The summed E-state index contributed by atoms with van der Waals surface area (Å²) >= 11 is 3.49. The first-order valence-electron chi connectivity index (χ1n) is 6.28. The number of halogens is 1. The molecule has 0 bridgehead atoms. The molecule has 1 rings (SSSR count). The lowest BCUT2D eigenvalue weighted by Gasteiger charge is -2.16. The predicted molar refractivity (Wildman–Crippen MR) is 78.5 cm³/mol. The highest BCUT2D eigenvalue weighted by Crippen LogP contribution is 2.22. The zero-order valence-electron chi connectivity index (χ0n) is 11.2. The van der Waals surface area contributed by atoms with Crippen LogP contribution in [0.2, 0.25) is 0 Å². The monoisotopic (exact) mass is 312 g/mol.